The number of carbonyl (C=O) groups excluding carboxylic acids is 1. The highest BCUT2D eigenvalue weighted by atomic mass is 16.7. The van der Waals surface area contributed by atoms with Crippen molar-refractivity contribution in [3.63, 3.8) is 0 Å². The van der Waals surface area contributed by atoms with E-state index in [0.29, 0.717) is 18.8 Å². The molecular weight excluding hydrogens is 344 g/mol. The number of para-hydroxylation sites is 1. The zero-order chi connectivity index (χ0) is 19.3. The van der Waals surface area contributed by atoms with Crippen LogP contribution >= 0.6 is 0 Å². The van der Waals surface area contributed by atoms with Crippen LogP contribution in [-0.2, 0) is 16.1 Å². The number of nitrogens with one attached hydrogen (secondary N) is 1. The standard InChI is InChI=1S/C21H26N2O4/c1-4-12-23-19-11-10-18(25-2)13-16(19)15-22-20(24)14-21(23,26-3)27-17-8-6-5-7-9-17/h5-11,13H,4,12,14-15H2,1-3H3,(H,22,24). The molecule has 0 saturated carbocycles. The molecule has 0 bridgehead atoms. The molecule has 27 heavy (non-hydrogen) atoms. The van der Waals surface area contributed by atoms with Crippen LogP contribution in [0.15, 0.2) is 48.5 Å². The van der Waals surface area contributed by atoms with Gasteiger partial charge in [-0.1, -0.05) is 25.1 Å². The van der Waals surface area contributed by atoms with Gasteiger partial charge in [-0.3, -0.25) is 4.79 Å². The van der Waals surface area contributed by atoms with Gasteiger partial charge < -0.3 is 24.4 Å². The van der Waals surface area contributed by atoms with E-state index < -0.39 is 5.91 Å². The summed E-state index contributed by atoms with van der Waals surface area (Å²) in [4.78, 5) is 14.6. The van der Waals surface area contributed by atoms with Crippen LogP contribution in [0, 0.1) is 0 Å². The Labute approximate surface area is 160 Å². The maximum atomic E-state index is 12.6. The van der Waals surface area contributed by atoms with Crippen molar-refractivity contribution in [1.29, 1.82) is 0 Å². The molecule has 1 amide bonds. The van der Waals surface area contributed by atoms with E-state index in [2.05, 4.69) is 12.2 Å². The van der Waals surface area contributed by atoms with Gasteiger partial charge in [-0.05, 0) is 42.3 Å². The van der Waals surface area contributed by atoms with Gasteiger partial charge in [0.2, 0.25) is 5.91 Å². The second-order valence-corrected chi connectivity index (χ2v) is 6.43. The number of nitrogens with zero attached hydrogens (tertiary/aromatic N) is 1. The monoisotopic (exact) mass is 370 g/mol. The average molecular weight is 370 g/mol. The van der Waals surface area contributed by atoms with E-state index in [4.69, 9.17) is 14.2 Å². The molecule has 1 unspecified atom stereocenters. The molecule has 0 fully saturated rings. The summed E-state index contributed by atoms with van der Waals surface area (Å²) in [6.45, 7) is 3.19. The number of rotatable bonds is 6. The molecule has 6 nitrogen and oxygen atoms in total. The van der Waals surface area contributed by atoms with Crippen LogP contribution in [0.4, 0.5) is 5.69 Å². The minimum absolute atomic E-state index is 0.0594. The van der Waals surface area contributed by atoms with Crippen LogP contribution in [0.1, 0.15) is 25.3 Å². The van der Waals surface area contributed by atoms with Crippen LogP contribution < -0.4 is 19.7 Å². The van der Waals surface area contributed by atoms with E-state index in [1.54, 1.807) is 14.2 Å². The van der Waals surface area contributed by atoms with Gasteiger partial charge >= 0.3 is 5.91 Å². The molecule has 6 heteroatoms. The summed E-state index contributed by atoms with van der Waals surface area (Å²) in [5.74, 6) is 0.00355. The van der Waals surface area contributed by atoms with Gasteiger partial charge in [0.15, 0.2) is 0 Å². The van der Waals surface area contributed by atoms with Gasteiger partial charge in [0.05, 0.1) is 7.11 Å². The predicted octanol–water partition coefficient (Wildman–Crippen LogP) is 3.31. The number of hydrogen-bond donors (Lipinski definition) is 1. The lowest BCUT2D eigenvalue weighted by Crippen LogP contribution is -2.59. The zero-order valence-electron chi connectivity index (χ0n) is 16.0. The summed E-state index contributed by atoms with van der Waals surface area (Å²) in [5.41, 5.74) is 1.91. The first-order chi connectivity index (χ1) is 13.1. The minimum Gasteiger partial charge on any atom is -0.497 e. The Morgan fingerprint density at radius 3 is 2.56 bits per heavy atom. The van der Waals surface area contributed by atoms with Gasteiger partial charge in [-0.2, -0.15) is 0 Å². The number of methoxy groups -OCH3 is 2. The van der Waals surface area contributed by atoms with Crippen molar-refractivity contribution in [3.8, 4) is 11.5 Å². The highest BCUT2D eigenvalue weighted by Gasteiger charge is 2.44. The van der Waals surface area contributed by atoms with Crippen molar-refractivity contribution in [2.75, 3.05) is 25.7 Å². The molecule has 144 valence electrons. The van der Waals surface area contributed by atoms with Crippen LogP contribution in [0.3, 0.4) is 0 Å². The number of fused-ring (bicyclic) bond motifs is 1. The maximum absolute atomic E-state index is 12.6. The quantitative estimate of drug-likeness (QED) is 0.791. The fourth-order valence-electron chi connectivity index (χ4n) is 3.33. The molecule has 0 aliphatic carbocycles. The van der Waals surface area contributed by atoms with Crippen molar-refractivity contribution in [3.05, 3.63) is 54.1 Å². The van der Waals surface area contributed by atoms with E-state index in [-0.39, 0.29) is 12.3 Å². The summed E-state index contributed by atoms with van der Waals surface area (Å²) in [6.07, 6.45) is 0.931. The SMILES string of the molecule is CCCN1c2ccc(OC)cc2CNC(=O)CC1(OC)Oc1ccccc1. The Morgan fingerprint density at radius 2 is 1.89 bits per heavy atom. The van der Waals surface area contributed by atoms with Crippen LogP contribution in [0.5, 0.6) is 11.5 Å². The van der Waals surface area contributed by atoms with E-state index in [1.165, 1.54) is 0 Å². The number of anilines is 1. The topological polar surface area (TPSA) is 60.0 Å². The number of ether oxygens (including phenoxy) is 3. The Hall–Kier alpha value is -2.73. The third-order valence-corrected chi connectivity index (χ3v) is 4.64. The van der Waals surface area contributed by atoms with Crippen LogP contribution in [0.25, 0.3) is 0 Å². The van der Waals surface area contributed by atoms with Crippen molar-refractivity contribution in [2.45, 2.75) is 32.2 Å². The number of carbonyl (C=O) groups is 1. The summed E-state index contributed by atoms with van der Waals surface area (Å²) in [7, 11) is 3.20. The Balaban J connectivity index is 2.11. The molecule has 2 aromatic rings. The first-order valence-corrected chi connectivity index (χ1v) is 9.12. The first-order valence-electron chi connectivity index (χ1n) is 9.12. The van der Waals surface area contributed by atoms with Gasteiger partial charge in [-0.15, -0.1) is 0 Å². The fourth-order valence-corrected chi connectivity index (χ4v) is 3.33. The second kappa shape index (κ2) is 8.31. The molecule has 1 heterocycles. The summed E-state index contributed by atoms with van der Waals surface area (Å²) < 4.78 is 17.5. The second-order valence-electron chi connectivity index (χ2n) is 6.43. The van der Waals surface area contributed by atoms with Crippen LogP contribution in [-0.4, -0.2) is 32.6 Å². The molecule has 1 aliphatic rings. The fraction of sp³-hybridized carbons (Fsp3) is 0.381. The Morgan fingerprint density at radius 1 is 1.11 bits per heavy atom. The molecule has 1 N–H and O–H groups in total. The molecule has 2 aromatic carbocycles. The lowest BCUT2D eigenvalue weighted by Gasteiger charge is -2.44. The zero-order valence-corrected chi connectivity index (χ0v) is 16.0. The van der Waals surface area contributed by atoms with E-state index in [9.17, 15) is 4.79 Å². The largest absolute Gasteiger partial charge is 0.497 e. The summed E-state index contributed by atoms with van der Waals surface area (Å²) >= 11 is 0. The molecule has 0 saturated heterocycles. The predicted molar refractivity (Wildman–Crippen MR) is 104 cm³/mol. The lowest BCUT2D eigenvalue weighted by molar-refractivity contribution is -0.176. The average Bonchev–Trinajstić information content (AvgIpc) is 2.70. The molecule has 3 rings (SSSR count). The van der Waals surface area contributed by atoms with E-state index in [1.807, 2.05) is 53.4 Å². The van der Waals surface area contributed by atoms with Crippen molar-refractivity contribution in [2.24, 2.45) is 0 Å². The van der Waals surface area contributed by atoms with Crippen molar-refractivity contribution >= 4 is 11.6 Å². The van der Waals surface area contributed by atoms with Gasteiger partial charge in [0.1, 0.15) is 17.9 Å². The van der Waals surface area contributed by atoms with E-state index in [0.717, 1.165) is 23.4 Å². The van der Waals surface area contributed by atoms with Gasteiger partial charge in [0.25, 0.3) is 0 Å². The van der Waals surface area contributed by atoms with Gasteiger partial charge in [0, 0.05) is 25.9 Å². The van der Waals surface area contributed by atoms with E-state index >= 15 is 0 Å². The molecular formula is C21H26N2O4. The lowest BCUT2D eigenvalue weighted by atomic mass is 10.1. The van der Waals surface area contributed by atoms with Crippen LogP contribution in [0.2, 0.25) is 0 Å². The third-order valence-electron chi connectivity index (χ3n) is 4.64. The molecule has 0 radical (unpaired) electrons. The molecule has 1 aliphatic heterocycles. The molecule has 0 aromatic heterocycles. The molecule has 1 atom stereocenters. The first kappa shape index (κ1) is 19.0. The smallest absolute Gasteiger partial charge is 0.303 e. The minimum atomic E-state index is -1.24. The maximum Gasteiger partial charge on any atom is 0.303 e. The summed E-state index contributed by atoms with van der Waals surface area (Å²) in [6, 6.07) is 15.3. The summed E-state index contributed by atoms with van der Waals surface area (Å²) in [5, 5.41) is 2.95. The number of hydrogen-bond acceptors (Lipinski definition) is 5. The Bertz CT molecular complexity index is 781. The van der Waals surface area contributed by atoms with Gasteiger partial charge in [-0.25, -0.2) is 0 Å². The Kier molecular flexibility index (Phi) is 5.86. The van der Waals surface area contributed by atoms with Crippen molar-refractivity contribution in [1.82, 2.24) is 5.32 Å². The van der Waals surface area contributed by atoms with Crippen molar-refractivity contribution < 1.29 is 19.0 Å². The third kappa shape index (κ3) is 4.01. The normalized spacial score (nSPS) is 19.5. The highest BCUT2D eigenvalue weighted by Crippen LogP contribution is 2.36. The molecule has 0 spiro atoms. The number of amides is 1. The highest BCUT2D eigenvalue weighted by molar-refractivity contribution is 5.79. The number of benzene rings is 2.